The van der Waals surface area contributed by atoms with Gasteiger partial charge in [0.15, 0.2) is 0 Å². The molecule has 1 aliphatic rings. The maximum atomic E-state index is 12.6. The minimum absolute atomic E-state index is 0.0734. The number of piperidine rings is 1. The zero-order chi connectivity index (χ0) is 19.1. The Kier molecular flexibility index (Phi) is 6.54. The average Bonchev–Trinajstić information content (AvgIpc) is 2.69. The summed E-state index contributed by atoms with van der Waals surface area (Å²) in [4.78, 5) is 30.9. The number of carbonyl (C=O) groups excluding carboxylic acids is 2. The van der Waals surface area contributed by atoms with E-state index in [0.29, 0.717) is 6.42 Å². The second-order valence-corrected chi connectivity index (χ2v) is 7.06. The Hall–Kier alpha value is -2.73. The van der Waals surface area contributed by atoms with Crippen LogP contribution >= 0.6 is 0 Å². The van der Waals surface area contributed by atoms with Crippen molar-refractivity contribution in [3.63, 3.8) is 0 Å². The Morgan fingerprint density at radius 3 is 2.44 bits per heavy atom. The van der Waals surface area contributed by atoms with Crippen LogP contribution in [0.1, 0.15) is 24.0 Å². The number of nitrogens with two attached hydrogens (primary N) is 1. The molecule has 6 nitrogen and oxygen atoms in total. The molecular formula is C21H26N4O2. The van der Waals surface area contributed by atoms with E-state index in [0.717, 1.165) is 38.0 Å². The van der Waals surface area contributed by atoms with Crippen molar-refractivity contribution in [3.05, 3.63) is 66.0 Å². The molecule has 6 heteroatoms. The maximum Gasteiger partial charge on any atom is 0.240 e. The fourth-order valence-corrected chi connectivity index (χ4v) is 3.47. The lowest BCUT2D eigenvalue weighted by atomic mass is 9.94. The van der Waals surface area contributed by atoms with E-state index in [9.17, 15) is 9.59 Å². The van der Waals surface area contributed by atoms with Crippen LogP contribution in [0.2, 0.25) is 0 Å². The van der Waals surface area contributed by atoms with Gasteiger partial charge < -0.3 is 11.1 Å². The van der Waals surface area contributed by atoms with Crippen molar-refractivity contribution in [2.45, 2.75) is 31.8 Å². The van der Waals surface area contributed by atoms with Crippen LogP contribution in [0.3, 0.4) is 0 Å². The Bertz CT molecular complexity index is 743. The number of amides is 2. The molecule has 0 bridgehead atoms. The number of likely N-dealkylation sites (tertiary alicyclic amines) is 1. The summed E-state index contributed by atoms with van der Waals surface area (Å²) in [5.41, 5.74) is 7.66. The highest BCUT2D eigenvalue weighted by molar-refractivity contribution is 5.87. The fraction of sp³-hybridized carbons (Fsp3) is 0.381. The van der Waals surface area contributed by atoms with E-state index >= 15 is 0 Å². The second-order valence-electron chi connectivity index (χ2n) is 7.06. The summed E-state index contributed by atoms with van der Waals surface area (Å²) >= 11 is 0. The number of rotatable bonds is 7. The van der Waals surface area contributed by atoms with Crippen molar-refractivity contribution in [1.82, 2.24) is 15.2 Å². The topological polar surface area (TPSA) is 88.3 Å². The van der Waals surface area contributed by atoms with Crippen LogP contribution in [0.15, 0.2) is 54.9 Å². The van der Waals surface area contributed by atoms with Crippen molar-refractivity contribution in [2.75, 3.05) is 13.1 Å². The van der Waals surface area contributed by atoms with E-state index in [1.807, 2.05) is 42.6 Å². The largest absolute Gasteiger partial charge is 0.368 e. The molecular weight excluding hydrogens is 340 g/mol. The number of pyridine rings is 1. The number of aromatic nitrogens is 1. The number of nitrogens with zero attached hydrogens (tertiary/aromatic N) is 2. The van der Waals surface area contributed by atoms with Gasteiger partial charge in [-0.3, -0.25) is 19.5 Å². The van der Waals surface area contributed by atoms with E-state index in [2.05, 4.69) is 21.3 Å². The normalized spacial score (nSPS) is 16.6. The highest BCUT2D eigenvalue weighted by atomic mass is 16.2. The van der Waals surface area contributed by atoms with Gasteiger partial charge in [0.2, 0.25) is 11.8 Å². The number of nitrogens with one attached hydrogen (secondary N) is 1. The van der Waals surface area contributed by atoms with Crippen molar-refractivity contribution >= 4 is 11.8 Å². The first-order valence-electron chi connectivity index (χ1n) is 9.36. The molecule has 27 heavy (non-hydrogen) atoms. The number of hydrogen-bond acceptors (Lipinski definition) is 4. The van der Waals surface area contributed by atoms with E-state index in [-0.39, 0.29) is 11.8 Å². The quantitative estimate of drug-likeness (QED) is 0.777. The van der Waals surface area contributed by atoms with E-state index in [1.54, 1.807) is 6.20 Å². The van der Waals surface area contributed by atoms with Crippen molar-refractivity contribution in [2.24, 2.45) is 11.7 Å². The third kappa shape index (κ3) is 5.62. The Morgan fingerprint density at radius 1 is 1.11 bits per heavy atom. The predicted molar refractivity (Wildman–Crippen MR) is 104 cm³/mol. The summed E-state index contributed by atoms with van der Waals surface area (Å²) in [7, 11) is 0. The standard InChI is InChI=1S/C21H26N4O2/c22-20(26)19(13-16-5-2-1-3-6-16)24-21(27)18-8-11-25(12-9-18)15-17-7-4-10-23-14-17/h1-7,10,14,18-19H,8-9,11-13,15H2,(H2,22,26)(H,24,27)/t19-/m0/s1. The van der Waals surface area contributed by atoms with E-state index in [1.165, 1.54) is 5.56 Å². The highest BCUT2D eigenvalue weighted by Gasteiger charge is 2.28. The summed E-state index contributed by atoms with van der Waals surface area (Å²) in [6.07, 6.45) is 5.62. The summed E-state index contributed by atoms with van der Waals surface area (Å²) in [5.74, 6) is -0.648. The van der Waals surface area contributed by atoms with Crippen LogP contribution in [0.25, 0.3) is 0 Å². The summed E-state index contributed by atoms with van der Waals surface area (Å²) in [6, 6.07) is 12.9. The molecule has 0 saturated carbocycles. The average molecular weight is 366 g/mol. The van der Waals surface area contributed by atoms with Crippen LogP contribution in [0, 0.1) is 5.92 Å². The second kappa shape index (κ2) is 9.28. The summed E-state index contributed by atoms with van der Waals surface area (Å²) in [5, 5.41) is 2.86. The Balaban J connectivity index is 1.49. The van der Waals surface area contributed by atoms with Gasteiger partial charge in [0, 0.05) is 31.3 Å². The maximum absolute atomic E-state index is 12.6. The molecule has 0 spiro atoms. The lowest BCUT2D eigenvalue weighted by molar-refractivity contribution is -0.131. The SMILES string of the molecule is NC(=O)[C@H](Cc1ccccc1)NC(=O)C1CCN(Cc2cccnc2)CC1. The smallest absolute Gasteiger partial charge is 0.240 e. The van der Waals surface area contributed by atoms with Crippen LogP contribution < -0.4 is 11.1 Å². The molecule has 1 atom stereocenters. The molecule has 1 fully saturated rings. The Labute approximate surface area is 159 Å². The minimum atomic E-state index is -0.673. The molecule has 142 valence electrons. The zero-order valence-corrected chi connectivity index (χ0v) is 15.4. The van der Waals surface area contributed by atoms with Crippen molar-refractivity contribution in [1.29, 1.82) is 0 Å². The first-order chi connectivity index (χ1) is 13.1. The molecule has 1 aromatic carbocycles. The van der Waals surface area contributed by atoms with Crippen LogP contribution in [-0.4, -0.2) is 40.8 Å². The first kappa shape index (κ1) is 19.0. The Morgan fingerprint density at radius 2 is 1.81 bits per heavy atom. The molecule has 1 aromatic heterocycles. The molecule has 3 N–H and O–H groups in total. The zero-order valence-electron chi connectivity index (χ0n) is 15.4. The fourth-order valence-electron chi connectivity index (χ4n) is 3.47. The van der Waals surface area contributed by atoms with Gasteiger partial charge in [0.25, 0.3) is 0 Å². The first-order valence-corrected chi connectivity index (χ1v) is 9.36. The number of carbonyl (C=O) groups is 2. The summed E-state index contributed by atoms with van der Waals surface area (Å²) < 4.78 is 0. The van der Waals surface area contributed by atoms with E-state index in [4.69, 9.17) is 5.73 Å². The number of primary amides is 1. The van der Waals surface area contributed by atoms with Gasteiger partial charge in [-0.05, 0) is 43.1 Å². The molecule has 1 saturated heterocycles. The molecule has 0 aliphatic carbocycles. The highest BCUT2D eigenvalue weighted by Crippen LogP contribution is 2.19. The predicted octanol–water partition coefficient (Wildman–Crippen LogP) is 1.51. The minimum Gasteiger partial charge on any atom is -0.368 e. The van der Waals surface area contributed by atoms with Gasteiger partial charge in [-0.15, -0.1) is 0 Å². The van der Waals surface area contributed by atoms with Crippen molar-refractivity contribution < 1.29 is 9.59 Å². The van der Waals surface area contributed by atoms with E-state index < -0.39 is 11.9 Å². The number of hydrogen-bond donors (Lipinski definition) is 2. The molecule has 1 aliphatic heterocycles. The molecule has 0 radical (unpaired) electrons. The van der Waals surface area contributed by atoms with Gasteiger partial charge in [0.1, 0.15) is 6.04 Å². The molecule has 2 amide bonds. The van der Waals surface area contributed by atoms with Crippen LogP contribution in [0.4, 0.5) is 0 Å². The molecule has 2 heterocycles. The monoisotopic (exact) mass is 366 g/mol. The van der Waals surface area contributed by atoms with Gasteiger partial charge in [-0.1, -0.05) is 36.4 Å². The molecule has 0 unspecified atom stereocenters. The van der Waals surface area contributed by atoms with Crippen LogP contribution in [-0.2, 0) is 22.6 Å². The summed E-state index contributed by atoms with van der Waals surface area (Å²) in [6.45, 7) is 2.56. The van der Waals surface area contributed by atoms with Crippen molar-refractivity contribution in [3.8, 4) is 0 Å². The molecule has 2 aromatic rings. The number of benzene rings is 1. The van der Waals surface area contributed by atoms with Gasteiger partial charge >= 0.3 is 0 Å². The molecule has 3 rings (SSSR count). The van der Waals surface area contributed by atoms with Gasteiger partial charge in [0.05, 0.1) is 0 Å². The third-order valence-corrected chi connectivity index (χ3v) is 5.03. The lowest BCUT2D eigenvalue weighted by Gasteiger charge is -2.31. The van der Waals surface area contributed by atoms with Gasteiger partial charge in [-0.2, -0.15) is 0 Å². The van der Waals surface area contributed by atoms with Crippen LogP contribution in [0.5, 0.6) is 0 Å². The van der Waals surface area contributed by atoms with Gasteiger partial charge in [-0.25, -0.2) is 0 Å². The third-order valence-electron chi connectivity index (χ3n) is 5.03. The lowest BCUT2D eigenvalue weighted by Crippen LogP contribution is -2.49.